The summed E-state index contributed by atoms with van der Waals surface area (Å²) in [6.07, 6.45) is -3.61. The lowest BCUT2D eigenvalue weighted by Gasteiger charge is -2.35. The van der Waals surface area contributed by atoms with Gasteiger partial charge in [0.25, 0.3) is 0 Å². The third kappa shape index (κ3) is 5.30. The highest BCUT2D eigenvalue weighted by Gasteiger charge is 2.31. The van der Waals surface area contributed by atoms with E-state index in [2.05, 4.69) is 15.3 Å². The van der Waals surface area contributed by atoms with Crippen LogP contribution in [0, 0.1) is 6.92 Å². The summed E-state index contributed by atoms with van der Waals surface area (Å²) in [4.78, 5) is 25.4. The van der Waals surface area contributed by atoms with Crippen LogP contribution >= 0.6 is 0 Å². The van der Waals surface area contributed by atoms with E-state index >= 15 is 0 Å². The zero-order valence-electron chi connectivity index (χ0n) is 19.1. The second-order valence-electron chi connectivity index (χ2n) is 8.18. The van der Waals surface area contributed by atoms with Crippen LogP contribution < -0.4 is 10.2 Å². The molecule has 0 aliphatic carbocycles. The van der Waals surface area contributed by atoms with Gasteiger partial charge in [-0.1, -0.05) is 37.3 Å². The van der Waals surface area contributed by atoms with Gasteiger partial charge in [-0.25, -0.2) is 14.8 Å². The first kappa shape index (κ1) is 23.5. The SMILES string of the molecule is CCc1ccccc1NC(=O)N1CCN(c2cc(C)nc(-c3cccc(C(F)(F)F)c3)n2)CC1. The van der Waals surface area contributed by atoms with Gasteiger partial charge in [-0.3, -0.25) is 0 Å². The number of anilines is 2. The van der Waals surface area contributed by atoms with E-state index in [1.54, 1.807) is 17.9 Å². The monoisotopic (exact) mass is 469 g/mol. The molecule has 6 nitrogen and oxygen atoms in total. The Bertz CT molecular complexity index is 1170. The van der Waals surface area contributed by atoms with Crippen LogP contribution in [0.1, 0.15) is 23.7 Å². The van der Waals surface area contributed by atoms with Gasteiger partial charge in [0.2, 0.25) is 0 Å². The number of hydrogen-bond acceptors (Lipinski definition) is 4. The van der Waals surface area contributed by atoms with Gasteiger partial charge >= 0.3 is 12.2 Å². The van der Waals surface area contributed by atoms with Crippen molar-refractivity contribution in [3.05, 3.63) is 71.4 Å². The van der Waals surface area contributed by atoms with E-state index in [1.165, 1.54) is 6.07 Å². The number of amides is 2. The molecular formula is C25H26F3N5O. The number of nitrogens with zero attached hydrogens (tertiary/aromatic N) is 4. The minimum atomic E-state index is -4.43. The number of piperazine rings is 1. The molecule has 1 saturated heterocycles. The molecule has 9 heteroatoms. The van der Waals surface area contributed by atoms with E-state index in [-0.39, 0.29) is 11.9 Å². The highest BCUT2D eigenvalue weighted by Crippen LogP contribution is 2.32. The van der Waals surface area contributed by atoms with Gasteiger partial charge in [0, 0.05) is 49.2 Å². The summed E-state index contributed by atoms with van der Waals surface area (Å²) >= 11 is 0. The number of carbonyl (C=O) groups excluding carboxylic acids is 1. The number of aromatic nitrogens is 2. The van der Waals surface area contributed by atoms with E-state index in [1.807, 2.05) is 42.2 Å². The summed E-state index contributed by atoms with van der Waals surface area (Å²) in [6, 6.07) is 14.4. The number of rotatable bonds is 4. The molecule has 1 aromatic heterocycles. The summed E-state index contributed by atoms with van der Waals surface area (Å²) in [5, 5.41) is 2.99. The Kier molecular flexibility index (Phi) is 6.72. The largest absolute Gasteiger partial charge is 0.416 e. The molecule has 2 aromatic carbocycles. The van der Waals surface area contributed by atoms with Gasteiger partial charge < -0.3 is 15.1 Å². The van der Waals surface area contributed by atoms with Crippen LogP contribution in [0.2, 0.25) is 0 Å². The van der Waals surface area contributed by atoms with E-state index in [4.69, 9.17) is 0 Å². The van der Waals surface area contributed by atoms with Crippen molar-refractivity contribution in [2.24, 2.45) is 0 Å². The number of para-hydroxylation sites is 1. The van der Waals surface area contributed by atoms with E-state index < -0.39 is 11.7 Å². The molecule has 0 bridgehead atoms. The number of urea groups is 1. The van der Waals surface area contributed by atoms with Gasteiger partial charge in [0.05, 0.1) is 5.56 Å². The second kappa shape index (κ2) is 9.70. The molecule has 4 rings (SSSR count). The standard InChI is InChI=1S/C25H26F3N5O/c1-3-18-7-4-5-10-21(18)30-24(34)33-13-11-32(12-14-33)22-15-17(2)29-23(31-22)19-8-6-9-20(16-19)25(26,27)28/h4-10,15-16H,3,11-14H2,1-2H3,(H,30,34). The Morgan fingerprint density at radius 3 is 2.44 bits per heavy atom. The minimum absolute atomic E-state index is 0.149. The maximum absolute atomic E-state index is 13.1. The number of carbonyl (C=O) groups is 1. The van der Waals surface area contributed by atoms with Crippen molar-refractivity contribution < 1.29 is 18.0 Å². The Morgan fingerprint density at radius 1 is 1.00 bits per heavy atom. The molecule has 34 heavy (non-hydrogen) atoms. The predicted molar refractivity (Wildman–Crippen MR) is 126 cm³/mol. The average Bonchev–Trinajstić information content (AvgIpc) is 2.83. The molecule has 1 aliphatic heterocycles. The van der Waals surface area contributed by atoms with Crippen LogP contribution in [0.4, 0.5) is 29.5 Å². The van der Waals surface area contributed by atoms with Crippen molar-refractivity contribution >= 4 is 17.5 Å². The first-order chi connectivity index (χ1) is 16.2. The first-order valence-electron chi connectivity index (χ1n) is 11.2. The zero-order valence-corrected chi connectivity index (χ0v) is 19.1. The fourth-order valence-electron chi connectivity index (χ4n) is 3.96. The van der Waals surface area contributed by atoms with Crippen LogP contribution in [-0.4, -0.2) is 47.1 Å². The minimum Gasteiger partial charge on any atom is -0.353 e. The molecule has 2 heterocycles. The Balaban J connectivity index is 1.46. The lowest BCUT2D eigenvalue weighted by atomic mass is 10.1. The highest BCUT2D eigenvalue weighted by atomic mass is 19.4. The molecule has 0 atom stereocenters. The van der Waals surface area contributed by atoms with Gasteiger partial charge in [-0.05, 0) is 37.1 Å². The van der Waals surface area contributed by atoms with E-state index in [0.29, 0.717) is 43.3 Å². The quantitative estimate of drug-likeness (QED) is 0.557. The predicted octanol–water partition coefficient (Wildman–Crippen LogP) is 5.39. The molecule has 3 aromatic rings. The number of alkyl halides is 3. The fourth-order valence-corrected chi connectivity index (χ4v) is 3.96. The van der Waals surface area contributed by atoms with Crippen molar-refractivity contribution in [1.29, 1.82) is 0 Å². The maximum atomic E-state index is 13.1. The van der Waals surface area contributed by atoms with Gasteiger partial charge in [0.1, 0.15) is 5.82 Å². The van der Waals surface area contributed by atoms with Crippen LogP contribution in [-0.2, 0) is 12.6 Å². The molecule has 0 radical (unpaired) electrons. The van der Waals surface area contributed by atoms with Crippen molar-refractivity contribution in [1.82, 2.24) is 14.9 Å². The summed E-state index contributed by atoms with van der Waals surface area (Å²) in [6.45, 7) is 5.95. The van der Waals surface area contributed by atoms with Crippen LogP contribution in [0.3, 0.4) is 0 Å². The number of halogens is 3. The summed E-state index contributed by atoms with van der Waals surface area (Å²) < 4.78 is 39.4. The Labute approximate surface area is 196 Å². The molecule has 0 unspecified atom stereocenters. The molecule has 0 saturated carbocycles. The lowest BCUT2D eigenvalue weighted by molar-refractivity contribution is -0.137. The van der Waals surface area contributed by atoms with Crippen LogP contribution in [0.15, 0.2) is 54.6 Å². The third-order valence-corrected chi connectivity index (χ3v) is 5.82. The molecular weight excluding hydrogens is 443 g/mol. The van der Waals surface area contributed by atoms with E-state index in [0.717, 1.165) is 29.8 Å². The summed E-state index contributed by atoms with van der Waals surface area (Å²) in [5.74, 6) is 0.883. The second-order valence-corrected chi connectivity index (χ2v) is 8.18. The first-order valence-corrected chi connectivity index (χ1v) is 11.2. The van der Waals surface area contributed by atoms with Crippen molar-refractivity contribution in [2.45, 2.75) is 26.4 Å². The van der Waals surface area contributed by atoms with Gasteiger partial charge in [-0.2, -0.15) is 13.2 Å². The summed E-state index contributed by atoms with van der Waals surface area (Å²) in [5.41, 5.74) is 2.13. The zero-order chi connectivity index (χ0) is 24.3. The Morgan fingerprint density at radius 2 is 1.74 bits per heavy atom. The topological polar surface area (TPSA) is 61.4 Å². The van der Waals surface area contributed by atoms with Crippen molar-refractivity contribution in [2.75, 3.05) is 36.4 Å². The highest BCUT2D eigenvalue weighted by molar-refractivity contribution is 5.90. The maximum Gasteiger partial charge on any atom is 0.416 e. The number of hydrogen-bond donors (Lipinski definition) is 1. The fraction of sp³-hybridized carbons (Fsp3) is 0.320. The number of nitrogens with one attached hydrogen (secondary N) is 1. The van der Waals surface area contributed by atoms with Gasteiger partial charge in [-0.15, -0.1) is 0 Å². The van der Waals surface area contributed by atoms with Crippen LogP contribution in [0.5, 0.6) is 0 Å². The molecule has 0 spiro atoms. The van der Waals surface area contributed by atoms with Crippen molar-refractivity contribution in [3.8, 4) is 11.4 Å². The lowest BCUT2D eigenvalue weighted by Crippen LogP contribution is -2.50. The smallest absolute Gasteiger partial charge is 0.353 e. The Hall–Kier alpha value is -3.62. The number of aryl methyl sites for hydroxylation is 2. The average molecular weight is 470 g/mol. The molecule has 1 N–H and O–H groups in total. The van der Waals surface area contributed by atoms with E-state index in [9.17, 15) is 18.0 Å². The number of benzene rings is 2. The molecule has 2 amide bonds. The third-order valence-electron chi connectivity index (χ3n) is 5.82. The van der Waals surface area contributed by atoms with Gasteiger partial charge in [0.15, 0.2) is 5.82 Å². The van der Waals surface area contributed by atoms with Crippen molar-refractivity contribution in [3.63, 3.8) is 0 Å². The molecule has 1 fully saturated rings. The molecule has 1 aliphatic rings. The normalized spacial score (nSPS) is 14.3. The summed E-state index contributed by atoms with van der Waals surface area (Å²) in [7, 11) is 0. The molecule has 178 valence electrons. The van der Waals surface area contributed by atoms with Crippen LogP contribution in [0.25, 0.3) is 11.4 Å².